The minimum absolute atomic E-state index is 0.0239. The van der Waals surface area contributed by atoms with Crippen LogP contribution in [0.5, 0.6) is 0 Å². The number of nitrogens with zero attached hydrogens (tertiary/aromatic N) is 5. The predicted octanol–water partition coefficient (Wildman–Crippen LogP) is 3.26. The molecule has 1 heterocycles. The number of amides is 1. The summed E-state index contributed by atoms with van der Waals surface area (Å²) in [5, 5.41) is 12.6. The van der Waals surface area contributed by atoms with E-state index in [4.69, 9.17) is 0 Å². The molecule has 0 aliphatic heterocycles. The number of aromatic nitrogens is 4. The van der Waals surface area contributed by atoms with E-state index in [9.17, 15) is 4.79 Å². The van der Waals surface area contributed by atoms with Gasteiger partial charge in [0.1, 0.15) is 6.04 Å². The molecule has 134 valence electrons. The molecule has 1 unspecified atom stereocenters. The molecule has 3 rings (SSSR count). The largest absolute Gasteiger partial charge is 0.337 e. The first-order valence-corrected chi connectivity index (χ1v) is 8.77. The fourth-order valence-corrected chi connectivity index (χ4v) is 2.72. The van der Waals surface area contributed by atoms with Crippen LogP contribution in [0.1, 0.15) is 31.0 Å². The Kier molecular flexibility index (Phi) is 5.41. The van der Waals surface area contributed by atoms with Crippen molar-refractivity contribution in [1.82, 2.24) is 25.1 Å². The molecular formula is C20H23N5O. The second kappa shape index (κ2) is 7.91. The number of carbonyl (C=O) groups excluding carboxylic acids is 1. The third kappa shape index (κ3) is 3.96. The summed E-state index contributed by atoms with van der Waals surface area (Å²) in [5.41, 5.74) is 3.16. The molecule has 0 saturated carbocycles. The van der Waals surface area contributed by atoms with Gasteiger partial charge in [-0.05, 0) is 31.5 Å². The van der Waals surface area contributed by atoms with E-state index in [1.807, 2.05) is 68.4 Å². The summed E-state index contributed by atoms with van der Waals surface area (Å²) in [7, 11) is 0. The third-order valence-electron chi connectivity index (χ3n) is 4.35. The van der Waals surface area contributed by atoms with Crippen LogP contribution >= 0.6 is 0 Å². The van der Waals surface area contributed by atoms with E-state index in [1.165, 1.54) is 10.4 Å². The van der Waals surface area contributed by atoms with E-state index >= 15 is 0 Å². The molecule has 1 amide bonds. The zero-order valence-electron chi connectivity index (χ0n) is 15.3. The van der Waals surface area contributed by atoms with Crippen LogP contribution < -0.4 is 0 Å². The van der Waals surface area contributed by atoms with Crippen molar-refractivity contribution in [2.75, 3.05) is 6.54 Å². The molecule has 6 nitrogen and oxygen atoms in total. The number of aryl methyl sites for hydroxylation is 1. The highest BCUT2D eigenvalue weighted by Crippen LogP contribution is 2.16. The van der Waals surface area contributed by atoms with Crippen molar-refractivity contribution in [1.29, 1.82) is 0 Å². The SMILES string of the molecule is CCN(Cc1ccccc1)C(=O)C(C)n1nnc(-c2ccc(C)cc2)n1. The maximum Gasteiger partial charge on any atom is 0.249 e. The Morgan fingerprint density at radius 3 is 2.46 bits per heavy atom. The Bertz CT molecular complexity index is 857. The van der Waals surface area contributed by atoms with Crippen LogP contribution in [0.3, 0.4) is 0 Å². The van der Waals surface area contributed by atoms with Gasteiger partial charge in [-0.25, -0.2) is 0 Å². The summed E-state index contributed by atoms with van der Waals surface area (Å²) in [5.74, 6) is 0.500. The predicted molar refractivity (Wildman–Crippen MR) is 100 cm³/mol. The van der Waals surface area contributed by atoms with Gasteiger partial charge in [0.15, 0.2) is 0 Å². The molecule has 0 aliphatic rings. The lowest BCUT2D eigenvalue weighted by molar-refractivity contribution is -0.135. The van der Waals surface area contributed by atoms with Gasteiger partial charge in [-0.2, -0.15) is 4.80 Å². The highest BCUT2D eigenvalue weighted by atomic mass is 16.2. The van der Waals surface area contributed by atoms with E-state index in [0.717, 1.165) is 11.1 Å². The molecule has 1 aromatic heterocycles. The smallest absolute Gasteiger partial charge is 0.249 e. The number of rotatable bonds is 6. The maximum atomic E-state index is 12.9. The molecule has 0 fully saturated rings. The Morgan fingerprint density at radius 1 is 1.12 bits per heavy atom. The normalized spacial score (nSPS) is 12.0. The Balaban J connectivity index is 1.74. The van der Waals surface area contributed by atoms with E-state index < -0.39 is 6.04 Å². The molecule has 2 aromatic carbocycles. The highest BCUT2D eigenvalue weighted by molar-refractivity contribution is 5.79. The van der Waals surface area contributed by atoms with Crippen molar-refractivity contribution < 1.29 is 4.79 Å². The number of likely N-dealkylation sites (N-methyl/N-ethyl adjacent to an activating group) is 1. The summed E-state index contributed by atoms with van der Waals surface area (Å²) >= 11 is 0. The summed E-state index contributed by atoms with van der Waals surface area (Å²) in [6.07, 6.45) is 0. The van der Waals surface area contributed by atoms with Crippen molar-refractivity contribution in [2.45, 2.75) is 33.4 Å². The zero-order chi connectivity index (χ0) is 18.5. The van der Waals surface area contributed by atoms with Gasteiger partial charge in [0, 0.05) is 18.7 Å². The Labute approximate surface area is 153 Å². The van der Waals surface area contributed by atoms with E-state index in [-0.39, 0.29) is 5.91 Å². The van der Waals surface area contributed by atoms with Crippen LogP contribution in [-0.4, -0.2) is 37.6 Å². The fraction of sp³-hybridized carbons (Fsp3) is 0.300. The summed E-state index contributed by atoms with van der Waals surface area (Å²) in [4.78, 5) is 16.1. The number of carbonyl (C=O) groups is 1. The molecule has 0 saturated heterocycles. The van der Waals surface area contributed by atoms with Gasteiger partial charge >= 0.3 is 0 Å². The van der Waals surface area contributed by atoms with Crippen molar-refractivity contribution in [3.8, 4) is 11.4 Å². The van der Waals surface area contributed by atoms with Gasteiger partial charge in [-0.15, -0.1) is 10.2 Å². The van der Waals surface area contributed by atoms with Crippen molar-refractivity contribution >= 4 is 5.91 Å². The number of hydrogen-bond donors (Lipinski definition) is 0. The van der Waals surface area contributed by atoms with Gasteiger partial charge in [-0.3, -0.25) is 4.79 Å². The van der Waals surface area contributed by atoms with Crippen molar-refractivity contribution in [3.63, 3.8) is 0 Å². The van der Waals surface area contributed by atoms with Crippen LogP contribution in [0, 0.1) is 6.92 Å². The lowest BCUT2D eigenvalue weighted by Gasteiger charge is -2.23. The van der Waals surface area contributed by atoms with Crippen LogP contribution in [0.15, 0.2) is 54.6 Å². The van der Waals surface area contributed by atoms with Crippen LogP contribution in [0.4, 0.5) is 0 Å². The van der Waals surface area contributed by atoms with Crippen LogP contribution in [-0.2, 0) is 11.3 Å². The number of tetrazole rings is 1. The number of hydrogen-bond acceptors (Lipinski definition) is 4. The van der Waals surface area contributed by atoms with E-state index in [2.05, 4.69) is 15.4 Å². The van der Waals surface area contributed by atoms with Gasteiger partial charge < -0.3 is 4.90 Å². The van der Waals surface area contributed by atoms with Gasteiger partial charge in [-0.1, -0.05) is 60.2 Å². The highest BCUT2D eigenvalue weighted by Gasteiger charge is 2.23. The van der Waals surface area contributed by atoms with Gasteiger partial charge in [0.2, 0.25) is 11.7 Å². The van der Waals surface area contributed by atoms with Gasteiger partial charge in [0.05, 0.1) is 0 Å². The minimum atomic E-state index is -0.509. The number of benzene rings is 2. The average Bonchev–Trinajstić information content (AvgIpc) is 3.16. The quantitative estimate of drug-likeness (QED) is 0.685. The molecule has 6 heteroatoms. The van der Waals surface area contributed by atoms with Gasteiger partial charge in [0.25, 0.3) is 0 Å². The lowest BCUT2D eigenvalue weighted by Crippen LogP contribution is -2.36. The second-order valence-corrected chi connectivity index (χ2v) is 6.31. The summed E-state index contributed by atoms with van der Waals surface area (Å²) in [6, 6.07) is 17.4. The molecule has 0 radical (unpaired) electrons. The van der Waals surface area contributed by atoms with E-state index in [1.54, 1.807) is 11.8 Å². The first kappa shape index (κ1) is 17.8. The topological polar surface area (TPSA) is 63.9 Å². The Morgan fingerprint density at radius 2 is 1.81 bits per heavy atom. The van der Waals surface area contributed by atoms with Crippen molar-refractivity contribution in [2.24, 2.45) is 0 Å². The molecule has 0 N–H and O–H groups in total. The first-order chi connectivity index (χ1) is 12.6. The summed E-state index contributed by atoms with van der Waals surface area (Å²) < 4.78 is 0. The molecular weight excluding hydrogens is 326 g/mol. The minimum Gasteiger partial charge on any atom is -0.337 e. The summed E-state index contributed by atoms with van der Waals surface area (Å²) in [6.45, 7) is 7.00. The van der Waals surface area contributed by atoms with Crippen LogP contribution in [0.2, 0.25) is 0 Å². The van der Waals surface area contributed by atoms with Crippen LogP contribution in [0.25, 0.3) is 11.4 Å². The fourth-order valence-electron chi connectivity index (χ4n) is 2.72. The van der Waals surface area contributed by atoms with E-state index in [0.29, 0.717) is 18.9 Å². The monoisotopic (exact) mass is 349 g/mol. The average molecular weight is 349 g/mol. The molecule has 0 bridgehead atoms. The molecule has 0 spiro atoms. The molecule has 0 aliphatic carbocycles. The Hall–Kier alpha value is -3.02. The zero-order valence-corrected chi connectivity index (χ0v) is 15.3. The standard InChI is InChI=1S/C20H23N5O/c1-4-24(14-17-8-6-5-7-9-17)20(26)16(3)25-22-19(21-23-25)18-12-10-15(2)11-13-18/h5-13,16H,4,14H2,1-3H3. The molecule has 3 aromatic rings. The second-order valence-electron chi connectivity index (χ2n) is 6.31. The molecule has 26 heavy (non-hydrogen) atoms. The third-order valence-corrected chi connectivity index (χ3v) is 4.35. The first-order valence-electron chi connectivity index (χ1n) is 8.77. The molecule has 1 atom stereocenters. The maximum absolute atomic E-state index is 12.9. The lowest BCUT2D eigenvalue weighted by atomic mass is 10.1. The van der Waals surface area contributed by atoms with Crippen molar-refractivity contribution in [3.05, 3.63) is 65.7 Å².